The lowest BCUT2D eigenvalue weighted by atomic mass is 10.2. The van der Waals surface area contributed by atoms with Crippen LogP contribution < -0.4 is 21.7 Å². The van der Waals surface area contributed by atoms with E-state index in [0.29, 0.717) is 33.9 Å². The number of thiophene rings is 1. The minimum Gasteiger partial charge on any atom is -0.397 e. The van der Waals surface area contributed by atoms with E-state index in [4.69, 9.17) is 5.73 Å². The second-order valence-electron chi connectivity index (χ2n) is 5.14. The van der Waals surface area contributed by atoms with Crippen LogP contribution in [0.15, 0.2) is 0 Å². The molecule has 1 aromatic rings. The second-order valence-corrected chi connectivity index (χ2v) is 6.16. The summed E-state index contributed by atoms with van der Waals surface area (Å²) in [6, 6.07) is 0.374. The fourth-order valence-electron chi connectivity index (χ4n) is 2.35. The number of hydrogen-bond acceptors (Lipinski definition) is 5. The summed E-state index contributed by atoms with van der Waals surface area (Å²) in [5, 5.41) is 9.35. The maximum Gasteiger partial charge on any atom is 0.263 e. The summed E-state index contributed by atoms with van der Waals surface area (Å²) in [5.41, 5.74) is 6.66. The third-order valence-electron chi connectivity index (χ3n) is 3.71. The van der Waals surface area contributed by atoms with Gasteiger partial charge in [-0.1, -0.05) is 13.3 Å². The van der Waals surface area contributed by atoms with Gasteiger partial charge in [0.15, 0.2) is 0 Å². The zero-order valence-electron chi connectivity index (χ0n) is 12.6. The van der Waals surface area contributed by atoms with E-state index in [-0.39, 0.29) is 17.5 Å². The Morgan fingerprint density at radius 1 is 1.33 bits per heavy atom. The average molecular weight is 310 g/mol. The summed E-state index contributed by atoms with van der Waals surface area (Å²) in [6.07, 6.45) is 2.20. The molecular weight excluding hydrogens is 288 g/mol. The third kappa shape index (κ3) is 3.12. The molecule has 0 spiro atoms. The lowest BCUT2D eigenvalue weighted by molar-refractivity contribution is 0.0959. The molecule has 1 saturated carbocycles. The van der Waals surface area contributed by atoms with E-state index in [1.54, 1.807) is 7.05 Å². The zero-order chi connectivity index (χ0) is 15.6. The van der Waals surface area contributed by atoms with Gasteiger partial charge in [0.2, 0.25) is 0 Å². The lowest BCUT2D eigenvalue weighted by Gasteiger charge is -2.06. The molecule has 5 N–H and O–H groups in total. The first kappa shape index (κ1) is 15.6. The molecule has 21 heavy (non-hydrogen) atoms. The van der Waals surface area contributed by atoms with Crippen molar-refractivity contribution in [3.63, 3.8) is 0 Å². The van der Waals surface area contributed by atoms with Gasteiger partial charge >= 0.3 is 0 Å². The van der Waals surface area contributed by atoms with Crippen molar-refractivity contribution in [1.82, 2.24) is 10.6 Å². The van der Waals surface area contributed by atoms with Gasteiger partial charge in [-0.25, -0.2) is 0 Å². The van der Waals surface area contributed by atoms with Gasteiger partial charge in [0, 0.05) is 19.6 Å². The monoisotopic (exact) mass is 310 g/mol. The Morgan fingerprint density at radius 3 is 2.57 bits per heavy atom. The normalized spacial score (nSPS) is 20.0. The van der Waals surface area contributed by atoms with Crippen LogP contribution in [0.1, 0.15) is 46.7 Å². The SMILES string of the molecule is CCNC(=O)c1sc(NC2CC2CC)c(C(=O)NC)c1N. The zero-order valence-corrected chi connectivity index (χ0v) is 13.4. The number of nitrogen functional groups attached to an aromatic ring is 1. The molecule has 0 aliphatic heterocycles. The maximum atomic E-state index is 12.0. The van der Waals surface area contributed by atoms with Crippen molar-refractivity contribution in [2.45, 2.75) is 32.7 Å². The maximum absolute atomic E-state index is 12.0. The summed E-state index contributed by atoms with van der Waals surface area (Å²) in [6.45, 7) is 4.51. The smallest absolute Gasteiger partial charge is 0.263 e. The van der Waals surface area contributed by atoms with Crippen LogP contribution in [-0.2, 0) is 0 Å². The van der Waals surface area contributed by atoms with Gasteiger partial charge in [-0.15, -0.1) is 11.3 Å². The molecular formula is C14H22N4O2S. The summed E-state index contributed by atoms with van der Waals surface area (Å²) in [5.74, 6) is 0.135. The number of rotatable bonds is 6. The number of amides is 2. The van der Waals surface area contributed by atoms with Crippen LogP contribution in [0.5, 0.6) is 0 Å². The predicted molar refractivity (Wildman–Crippen MR) is 85.9 cm³/mol. The second kappa shape index (κ2) is 6.34. The van der Waals surface area contributed by atoms with E-state index >= 15 is 0 Å². The molecule has 2 rings (SSSR count). The molecule has 2 unspecified atom stereocenters. The van der Waals surface area contributed by atoms with E-state index in [1.807, 2.05) is 6.92 Å². The van der Waals surface area contributed by atoms with Crippen molar-refractivity contribution in [2.75, 3.05) is 24.6 Å². The van der Waals surface area contributed by atoms with Crippen LogP contribution in [0.3, 0.4) is 0 Å². The van der Waals surface area contributed by atoms with Gasteiger partial charge in [-0.2, -0.15) is 0 Å². The van der Waals surface area contributed by atoms with Crippen LogP contribution in [0.4, 0.5) is 10.7 Å². The molecule has 2 atom stereocenters. The first-order valence-electron chi connectivity index (χ1n) is 7.22. The molecule has 0 aromatic carbocycles. The Hall–Kier alpha value is -1.76. The van der Waals surface area contributed by atoms with Gasteiger partial charge < -0.3 is 21.7 Å². The summed E-state index contributed by atoms with van der Waals surface area (Å²) < 4.78 is 0. The van der Waals surface area contributed by atoms with Crippen LogP contribution in [-0.4, -0.2) is 31.4 Å². The Kier molecular flexibility index (Phi) is 4.72. The van der Waals surface area contributed by atoms with Crippen molar-refractivity contribution in [3.8, 4) is 0 Å². The fraction of sp³-hybridized carbons (Fsp3) is 0.571. The van der Waals surface area contributed by atoms with E-state index in [2.05, 4.69) is 22.9 Å². The van der Waals surface area contributed by atoms with Crippen molar-refractivity contribution in [1.29, 1.82) is 0 Å². The molecule has 0 radical (unpaired) electrons. The van der Waals surface area contributed by atoms with Crippen LogP contribution in [0.25, 0.3) is 0 Å². The Labute approximate surface area is 128 Å². The number of nitrogens with one attached hydrogen (secondary N) is 3. The van der Waals surface area contributed by atoms with Gasteiger partial charge in [0.05, 0.1) is 11.3 Å². The average Bonchev–Trinajstić information content (AvgIpc) is 3.14. The van der Waals surface area contributed by atoms with Crippen molar-refractivity contribution in [2.24, 2.45) is 5.92 Å². The van der Waals surface area contributed by atoms with Gasteiger partial charge in [-0.05, 0) is 19.3 Å². The van der Waals surface area contributed by atoms with Crippen molar-refractivity contribution in [3.05, 3.63) is 10.4 Å². The van der Waals surface area contributed by atoms with E-state index in [1.165, 1.54) is 11.3 Å². The highest BCUT2D eigenvalue weighted by molar-refractivity contribution is 7.19. The molecule has 1 aliphatic carbocycles. The van der Waals surface area contributed by atoms with Crippen LogP contribution >= 0.6 is 11.3 Å². The number of anilines is 2. The van der Waals surface area contributed by atoms with E-state index < -0.39 is 0 Å². The minimum atomic E-state index is -0.268. The third-order valence-corrected chi connectivity index (χ3v) is 4.84. The summed E-state index contributed by atoms with van der Waals surface area (Å²) >= 11 is 1.25. The first-order valence-corrected chi connectivity index (χ1v) is 8.04. The Balaban J connectivity index is 2.31. The van der Waals surface area contributed by atoms with Gasteiger partial charge in [0.25, 0.3) is 11.8 Å². The quantitative estimate of drug-likeness (QED) is 0.642. The highest BCUT2D eigenvalue weighted by Gasteiger charge is 2.37. The minimum absolute atomic E-state index is 0.235. The fourth-order valence-corrected chi connectivity index (χ4v) is 3.45. The first-order chi connectivity index (χ1) is 10.0. The Morgan fingerprint density at radius 2 is 2.05 bits per heavy atom. The number of nitrogens with two attached hydrogens (primary N) is 1. The molecule has 7 heteroatoms. The molecule has 1 aliphatic rings. The summed E-state index contributed by atoms with van der Waals surface area (Å²) in [7, 11) is 1.56. The summed E-state index contributed by atoms with van der Waals surface area (Å²) in [4.78, 5) is 24.5. The highest BCUT2D eigenvalue weighted by Crippen LogP contribution is 2.42. The molecule has 116 valence electrons. The molecule has 1 aromatic heterocycles. The highest BCUT2D eigenvalue weighted by atomic mass is 32.1. The number of carbonyl (C=O) groups is 2. The molecule has 2 amide bonds. The molecule has 0 bridgehead atoms. The molecule has 6 nitrogen and oxygen atoms in total. The Bertz CT molecular complexity index is 555. The van der Waals surface area contributed by atoms with E-state index in [0.717, 1.165) is 12.8 Å². The van der Waals surface area contributed by atoms with Gasteiger partial charge in [-0.3, -0.25) is 9.59 Å². The van der Waals surface area contributed by atoms with Crippen LogP contribution in [0, 0.1) is 5.92 Å². The topological polar surface area (TPSA) is 96.2 Å². The number of carbonyl (C=O) groups excluding carboxylic acids is 2. The molecule has 1 heterocycles. The van der Waals surface area contributed by atoms with Crippen molar-refractivity contribution >= 4 is 33.8 Å². The molecule has 1 fully saturated rings. The van der Waals surface area contributed by atoms with Crippen molar-refractivity contribution < 1.29 is 9.59 Å². The molecule has 0 saturated heterocycles. The predicted octanol–water partition coefficient (Wildman–Crippen LogP) is 1.65. The number of hydrogen-bond donors (Lipinski definition) is 4. The standard InChI is InChI=1S/C14H22N4O2S/c1-4-7-6-8(7)18-14-9(12(19)16-3)10(15)11(21-14)13(20)17-5-2/h7-8,18H,4-6,15H2,1-3H3,(H,16,19)(H,17,20). The van der Waals surface area contributed by atoms with E-state index in [9.17, 15) is 9.59 Å². The van der Waals surface area contributed by atoms with Crippen LogP contribution in [0.2, 0.25) is 0 Å². The lowest BCUT2D eigenvalue weighted by Crippen LogP contribution is -2.24. The van der Waals surface area contributed by atoms with Gasteiger partial charge in [0.1, 0.15) is 9.88 Å². The largest absolute Gasteiger partial charge is 0.397 e.